The summed E-state index contributed by atoms with van der Waals surface area (Å²) in [7, 11) is 1.62. The molecule has 7 heteroatoms. The molecule has 0 saturated carbocycles. The number of fused-ring (bicyclic) bond motifs is 4. The fraction of sp³-hybridized carbons (Fsp3) is 0.214. The quantitative estimate of drug-likeness (QED) is 0.412. The first-order chi connectivity index (χ1) is 17.0. The van der Waals surface area contributed by atoms with Crippen LogP contribution in [0.4, 0.5) is 0 Å². The summed E-state index contributed by atoms with van der Waals surface area (Å²) < 4.78 is 6.42. The number of H-pyrrole nitrogens is 1. The topological polar surface area (TPSA) is 65.6 Å². The molecule has 0 spiro atoms. The average molecular weight is 530 g/mol. The van der Waals surface area contributed by atoms with Crippen LogP contribution in [0.15, 0.2) is 77.3 Å². The maximum Gasteiger partial charge on any atom is 0.246 e. The van der Waals surface area contributed by atoms with Gasteiger partial charge in [0.15, 0.2) is 0 Å². The van der Waals surface area contributed by atoms with Crippen LogP contribution in [0.2, 0.25) is 0 Å². The number of para-hydroxylation sites is 2. The highest BCUT2D eigenvalue weighted by Crippen LogP contribution is 2.43. The van der Waals surface area contributed by atoms with Crippen LogP contribution < -0.4 is 4.74 Å². The normalized spacial score (nSPS) is 19.6. The first kappa shape index (κ1) is 21.9. The number of ether oxygens (including phenoxy) is 1. The summed E-state index contributed by atoms with van der Waals surface area (Å²) in [5.74, 6) is 0.620. The number of hydrogen-bond acceptors (Lipinski definition) is 3. The van der Waals surface area contributed by atoms with Crippen molar-refractivity contribution in [2.45, 2.75) is 25.0 Å². The molecule has 1 saturated heterocycles. The van der Waals surface area contributed by atoms with Gasteiger partial charge in [-0.05, 0) is 35.4 Å². The Morgan fingerprint density at radius 3 is 2.66 bits per heavy atom. The van der Waals surface area contributed by atoms with Gasteiger partial charge in [-0.2, -0.15) is 0 Å². The molecule has 2 amide bonds. The summed E-state index contributed by atoms with van der Waals surface area (Å²) in [6, 6.07) is 22.8. The summed E-state index contributed by atoms with van der Waals surface area (Å²) >= 11 is 3.58. The van der Waals surface area contributed by atoms with E-state index in [-0.39, 0.29) is 24.4 Å². The van der Waals surface area contributed by atoms with E-state index < -0.39 is 6.04 Å². The lowest BCUT2D eigenvalue weighted by atomic mass is 9.86. The predicted molar refractivity (Wildman–Crippen MR) is 137 cm³/mol. The van der Waals surface area contributed by atoms with Gasteiger partial charge in [-0.25, -0.2) is 0 Å². The first-order valence-electron chi connectivity index (χ1n) is 11.6. The molecule has 1 N–H and O–H groups in total. The second kappa shape index (κ2) is 8.57. The Hall–Kier alpha value is -3.58. The molecular formula is C28H24BrN3O3. The molecule has 2 atom stereocenters. The standard InChI is InChI=1S/C28H24BrN3O3/c1-35-24-12-5-2-7-18(24)15-31-16-25(33)32-23(28(31)34)14-21-20-10-3-4-11-22(20)30-26(21)27(32)17-8-6-9-19(29)13-17/h2-13,23,27,30H,14-16H2,1H3/t23-,27?/m0/s1. The van der Waals surface area contributed by atoms with E-state index in [1.54, 1.807) is 16.9 Å². The van der Waals surface area contributed by atoms with Gasteiger partial charge in [-0.3, -0.25) is 9.59 Å². The number of nitrogens with zero attached hydrogens (tertiary/aromatic N) is 2. The van der Waals surface area contributed by atoms with Crippen LogP contribution in [-0.2, 0) is 22.6 Å². The number of benzene rings is 3. The molecule has 6 rings (SSSR count). The maximum absolute atomic E-state index is 13.9. The summed E-state index contributed by atoms with van der Waals surface area (Å²) in [4.78, 5) is 34.6. The second-order valence-corrected chi connectivity index (χ2v) is 9.96. The van der Waals surface area contributed by atoms with E-state index in [0.717, 1.165) is 37.8 Å². The number of piperazine rings is 1. The number of aromatic amines is 1. The number of nitrogens with one attached hydrogen (secondary N) is 1. The van der Waals surface area contributed by atoms with E-state index in [2.05, 4.69) is 27.0 Å². The highest BCUT2D eigenvalue weighted by Gasteiger charge is 2.48. The van der Waals surface area contributed by atoms with E-state index >= 15 is 0 Å². The molecule has 0 aliphatic carbocycles. The van der Waals surface area contributed by atoms with Crippen LogP contribution in [0, 0.1) is 0 Å². The molecule has 4 aromatic rings. The Bertz CT molecular complexity index is 1460. The number of amides is 2. The second-order valence-electron chi connectivity index (χ2n) is 9.05. The predicted octanol–water partition coefficient (Wildman–Crippen LogP) is 4.82. The Kier molecular flexibility index (Phi) is 5.37. The lowest BCUT2D eigenvalue weighted by molar-refractivity contribution is -0.159. The molecule has 0 bridgehead atoms. The molecular weight excluding hydrogens is 506 g/mol. The molecule has 35 heavy (non-hydrogen) atoms. The average Bonchev–Trinajstić information content (AvgIpc) is 3.24. The molecule has 0 radical (unpaired) electrons. The molecule has 1 unspecified atom stereocenters. The molecule has 2 aliphatic rings. The third kappa shape index (κ3) is 3.62. The molecule has 1 fully saturated rings. The van der Waals surface area contributed by atoms with Crippen molar-refractivity contribution in [3.8, 4) is 5.75 Å². The summed E-state index contributed by atoms with van der Waals surface area (Å²) in [5, 5.41) is 1.10. The van der Waals surface area contributed by atoms with Gasteiger partial charge in [-0.1, -0.05) is 64.5 Å². The van der Waals surface area contributed by atoms with Gasteiger partial charge in [0, 0.05) is 39.6 Å². The molecule has 3 heterocycles. The molecule has 2 aliphatic heterocycles. The highest BCUT2D eigenvalue weighted by atomic mass is 79.9. The van der Waals surface area contributed by atoms with Crippen molar-refractivity contribution in [2.24, 2.45) is 0 Å². The van der Waals surface area contributed by atoms with Crippen LogP contribution in [0.25, 0.3) is 10.9 Å². The van der Waals surface area contributed by atoms with E-state index in [9.17, 15) is 9.59 Å². The molecule has 1 aromatic heterocycles. The van der Waals surface area contributed by atoms with Crippen LogP contribution in [-0.4, -0.2) is 46.3 Å². The molecule has 6 nitrogen and oxygen atoms in total. The van der Waals surface area contributed by atoms with E-state index in [4.69, 9.17) is 4.74 Å². The Morgan fingerprint density at radius 2 is 1.83 bits per heavy atom. The van der Waals surface area contributed by atoms with Crippen molar-refractivity contribution in [1.29, 1.82) is 0 Å². The number of aromatic nitrogens is 1. The lowest BCUT2D eigenvalue weighted by Crippen LogP contribution is -2.62. The molecule has 176 valence electrons. The number of hydrogen-bond donors (Lipinski definition) is 1. The number of halogens is 1. The first-order valence-corrected chi connectivity index (χ1v) is 12.4. The summed E-state index contributed by atoms with van der Waals surface area (Å²) in [6.07, 6.45) is 0.483. The third-order valence-corrected chi connectivity index (χ3v) is 7.55. The van der Waals surface area contributed by atoms with Crippen LogP contribution in [0.5, 0.6) is 5.75 Å². The van der Waals surface area contributed by atoms with Crippen LogP contribution in [0.1, 0.15) is 28.4 Å². The largest absolute Gasteiger partial charge is 0.496 e. The summed E-state index contributed by atoms with van der Waals surface area (Å²) in [5.41, 5.74) is 4.96. The minimum atomic E-state index is -0.568. The third-order valence-electron chi connectivity index (χ3n) is 7.06. The zero-order chi connectivity index (χ0) is 24.1. The van der Waals surface area contributed by atoms with Crippen LogP contribution in [0.3, 0.4) is 0 Å². The van der Waals surface area contributed by atoms with Crippen molar-refractivity contribution >= 4 is 38.6 Å². The van der Waals surface area contributed by atoms with Crippen molar-refractivity contribution in [3.05, 3.63) is 99.7 Å². The Labute approximate surface area is 211 Å². The van der Waals surface area contributed by atoms with E-state index in [0.29, 0.717) is 18.7 Å². The SMILES string of the molecule is COc1ccccc1CN1CC(=O)N2C(c3cccc(Br)c3)c3[nH]c4ccccc4c3C[C@H]2C1=O. The van der Waals surface area contributed by atoms with Gasteiger partial charge in [-0.15, -0.1) is 0 Å². The smallest absolute Gasteiger partial charge is 0.246 e. The number of methoxy groups -OCH3 is 1. The van der Waals surface area contributed by atoms with E-state index in [1.807, 2.05) is 66.7 Å². The van der Waals surface area contributed by atoms with Gasteiger partial charge in [0.25, 0.3) is 0 Å². The van der Waals surface area contributed by atoms with Gasteiger partial charge in [0.1, 0.15) is 18.3 Å². The maximum atomic E-state index is 13.9. The lowest BCUT2D eigenvalue weighted by Gasteiger charge is -2.47. The number of carbonyl (C=O) groups is 2. The Morgan fingerprint density at radius 1 is 1.03 bits per heavy atom. The monoisotopic (exact) mass is 529 g/mol. The van der Waals surface area contributed by atoms with Crippen molar-refractivity contribution in [2.75, 3.05) is 13.7 Å². The minimum absolute atomic E-state index is 0.0352. The van der Waals surface area contributed by atoms with Crippen LogP contribution >= 0.6 is 15.9 Å². The number of carbonyl (C=O) groups excluding carboxylic acids is 2. The summed E-state index contributed by atoms with van der Waals surface area (Å²) in [6.45, 7) is 0.370. The fourth-order valence-electron chi connectivity index (χ4n) is 5.52. The zero-order valence-corrected chi connectivity index (χ0v) is 20.8. The minimum Gasteiger partial charge on any atom is -0.496 e. The van der Waals surface area contributed by atoms with E-state index in [1.165, 1.54) is 0 Å². The highest BCUT2D eigenvalue weighted by molar-refractivity contribution is 9.10. The fourth-order valence-corrected chi connectivity index (χ4v) is 5.94. The zero-order valence-electron chi connectivity index (χ0n) is 19.2. The van der Waals surface area contributed by atoms with Crippen molar-refractivity contribution in [1.82, 2.24) is 14.8 Å². The Balaban J connectivity index is 1.45. The molecule has 3 aromatic carbocycles. The van der Waals surface area contributed by atoms with Gasteiger partial charge in [0.05, 0.1) is 13.2 Å². The van der Waals surface area contributed by atoms with Gasteiger partial charge >= 0.3 is 0 Å². The van der Waals surface area contributed by atoms with Crippen molar-refractivity contribution in [3.63, 3.8) is 0 Å². The number of rotatable bonds is 4. The van der Waals surface area contributed by atoms with Gasteiger partial charge < -0.3 is 19.5 Å². The van der Waals surface area contributed by atoms with Crippen molar-refractivity contribution < 1.29 is 14.3 Å². The van der Waals surface area contributed by atoms with Gasteiger partial charge in [0.2, 0.25) is 11.8 Å².